The molecule has 4 nitrogen and oxygen atoms in total. The van der Waals surface area contributed by atoms with Crippen LogP contribution in [-0.4, -0.2) is 38.0 Å². The molecule has 1 aromatic rings. The molecular formula is C12H16N2O2. The van der Waals surface area contributed by atoms with Crippen LogP contribution in [0.1, 0.15) is 12.0 Å². The van der Waals surface area contributed by atoms with Crippen LogP contribution < -0.4 is 4.74 Å². The Hall–Kier alpha value is -1.71. The van der Waals surface area contributed by atoms with Crippen LogP contribution in [0.25, 0.3) is 0 Å². The molecule has 0 amide bonds. The van der Waals surface area contributed by atoms with Crippen molar-refractivity contribution in [3.8, 4) is 5.75 Å². The number of nitrogens with zero attached hydrogens (tertiary/aromatic N) is 2. The zero-order valence-electron chi connectivity index (χ0n) is 9.64. The monoisotopic (exact) mass is 220 g/mol. The minimum atomic E-state index is 0.851. The lowest BCUT2D eigenvalue weighted by Crippen LogP contribution is -2.42. The van der Waals surface area contributed by atoms with Gasteiger partial charge in [0, 0.05) is 18.7 Å². The van der Waals surface area contributed by atoms with Gasteiger partial charge in [-0.2, -0.15) is 0 Å². The Labute approximate surface area is 95.5 Å². The maximum Gasteiger partial charge on any atom is 0.175 e. The molecule has 16 heavy (non-hydrogen) atoms. The number of ether oxygens (including phenoxy) is 1. The Morgan fingerprint density at radius 2 is 1.88 bits per heavy atom. The van der Waals surface area contributed by atoms with Gasteiger partial charge in [0.05, 0.1) is 7.11 Å². The third-order valence-corrected chi connectivity index (χ3v) is 2.68. The van der Waals surface area contributed by atoms with E-state index in [1.165, 1.54) is 6.42 Å². The second kappa shape index (κ2) is 4.88. The number of benzene rings is 1. The van der Waals surface area contributed by atoms with Crippen molar-refractivity contribution in [2.75, 3.05) is 27.3 Å². The summed E-state index contributed by atoms with van der Waals surface area (Å²) in [6, 6.07) is 7.85. The predicted octanol–water partition coefficient (Wildman–Crippen LogP) is 1.71. The third-order valence-electron chi connectivity index (χ3n) is 2.68. The van der Waals surface area contributed by atoms with Crippen molar-refractivity contribution in [2.24, 2.45) is 5.16 Å². The van der Waals surface area contributed by atoms with Crippen LogP contribution in [-0.2, 0) is 4.84 Å². The number of likely N-dealkylation sites (tertiary alicyclic amines) is 1. The summed E-state index contributed by atoms with van der Waals surface area (Å²) in [5.74, 6) is 1.75. The standard InChI is InChI=1S/C12H16N2O2/c1-15-11-6-4-10(5-7-11)12(13-16-2)14-8-3-9-14/h4-7H,3,8-9H2,1-2H3/b13-12-. The van der Waals surface area contributed by atoms with Gasteiger partial charge in [0.15, 0.2) is 5.84 Å². The maximum absolute atomic E-state index is 5.12. The topological polar surface area (TPSA) is 34.1 Å². The molecule has 0 spiro atoms. The summed E-state index contributed by atoms with van der Waals surface area (Å²) in [5.41, 5.74) is 1.06. The minimum Gasteiger partial charge on any atom is -0.497 e. The van der Waals surface area contributed by atoms with Crippen molar-refractivity contribution < 1.29 is 9.57 Å². The second-order valence-electron chi connectivity index (χ2n) is 3.67. The average molecular weight is 220 g/mol. The number of amidine groups is 1. The van der Waals surface area contributed by atoms with Gasteiger partial charge in [-0.05, 0) is 30.7 Å². The normalized spacial score (nSPS) is 15.6. The predicted molar refractivity (Wildman–Crippen MR) is 62.7 cm³/mol. The highest BCUT2D eigenvalue weighted by molar-refractivity contribution is 5.98. The zero-order chi connectivity index (χ0) is 11.4. The molecule has 1 heterocycles. The number of hydrogen-bond acceptors (Lipinski definition) is 3. The van der Waals surface area contributed by atoms with Crippen LogP contribution in [0.2, 0.25) is 0 Å². The van der Waals surface area contributed by atoms with E-state index in [1.54, 1.807) is 14.2 Å². The van der Waals surface area contributed by atoms with Crippen LogP contribution in [0.15, 0.2) is 29.4 Å². The largest absolute Gasteiger partial charge is 0.497 e. The highest BCUT2D eigenvalue weighted by atomic mass is 16.6. The molecule has 0 unspecified atom stereocenters. The van der Waals surface area contributed by atoms with E-state index in [0.717, 1.165) is 30.2 Å². The molecule has 0 bridgehead atoms. The molecule has 1 fully saturated rings. The van der Waals surface area contributed by atoms with E-state index in [-0.39, 0.29) is 0 Å². The fraction of sp³-hybridized carbons (Fsp3) is 0.417. The molecule has 4 heteroatoms. The average Bonchev–Trinajstić information content (AvgIpc) is 2.26. The van der Waals surface area contributed by atoms with Crippen molar-refractivity contribution in [2.45, 2.75) is 6.42 Å². The molecule has 0 saturated carbocycles. The summed E-state index contributed by atoms with van der Waals surface area (Å²) in [6.45, 7) is 2.10. The lowest BCUT2D eigenvalue weighted by molar-refractivity contribution is 0.197. The number of oxime groups is 1. The first-order valence-corrected chi connectivity index (χ1v) is 5.35. The molecule has 1 aliphatic heterocycles. The van der Waals surface area contributed by atoms with E-state index in [1.807, 2.05) is 24.3 Å². The number of hydrogen-bond donors (Lipinski definition) is 0. The molecule has 0 aromatic heterocycles. The summed E-state index contributed by atoms with van der Waals surface area (Å²) in [7, 11) is 3.23. The smallest absolute Gasteiger partial charge is 0.175 e. The summed E-state index contributed by atoms with van der Waals surface area (Å²) >= 11 is 0. The van der Waals surface area contributed by atoms with Crippen LogP contribution >= 0.6 is 0 Å². The van der Waals surface area contributed by atoms with E-state index >= 15 is 0 Å². The van der Waals surface area contributed by atoms with Gasteiger partial charge in [-0.3, -0.25) is 0 Å². The summed E-state index contributed by atoms with van der Waals surface area (Å²) in [5, 5.41) is 4.07. The van der Waals surface area contributed by atoms with Crippen LogP contribution in [0, 0.1) is 0 Å². The van der Waals surface area contributed by atoms with E-state index in [2.05, 4.69) is 10.1 Å². The van der Waals surface area contributed by atoms with Crippen molar-refractivity contribution >= 4 is 5.84 Å². The van der Waals surface area contributed by atoms with Gasteiger partial charge in [0.2, 0.25) is 0 Å². The van der Waals surface area contributed by atoms with Gasteiger partial charge >= 0.3 is 0 Å². The molecule has 0 N–H and O–H groups in total. The Bertz CT molecular complexity index is 369. The van der Waals surface area contributed by atoms with E-state index in [9.17, 15) is 0 Å². The maximum atomic E-state index is 5.12. The Kier molecular flexibility index (Phi) is 3.29. The van der Waals surface area contributed by atoms with Crippen molar-refractivity contribution in [3.05, 3.63) is 29.8 Å². The zero-order valence-corrected chi connectivity index (χ0v) is 9.64. The van der Waals surface area contributed by atoms with Crippen LogP contribution in [0.4, 0.5) is 0 Å². The van der Waals surface area contributed by atoms with Gasteiger partial charge in [0.1, 0.15) is 12.9 Å². The minimum absolute atomic E-state index is 0.851. The first-order valence-electron chi connectivity index (χ1n) is 5.35. The highest BCUT2D eigenvalue weighted by Gasteiger charge is 2.20. The molecular weight excluding hydrogens is 204 g/mol. The van der Waals surface area contributed by atoms with E-state index in [4.69, 9.17) is 9.57 Å². The first kappa shape index (κ1) is 10.8. The van der Waals surface area contributed by atoms with Gasteiger partial charge in [-0.25, -0.2) is 0 Å². The molecule has 0 aliphatic carbocycles. The third kappa shape index (κ3) is 2.10. The van der Waals surface area contributed by atoms with Gasteiger partial charge in [-0.1, -0.05) is 5.16 Å². The van der Waals surface area contributed by atoms with Crippen molar-refractivity contribution in [3.63, 3.8) is 0 Å². The van der Waals surface area contributed by atoms with Crippen LogP contribution in [0.3, 0.4) is 0 Å². The van der Waals surface area contributed by atoms with E-state index < -0.39 is 0 Å². The molecule has 1 aromatic carbocycles. The summed E-state index contributed by atoms with van der Waals surface area (Å²) in [6.07, 6.45) is 1.22. The molecule has 0 atom stereocenters. The number of rotatable bonds is 3. The first-order chi connectivity index (χ1) is 7.85. The molecule has 86 valence electrons. The lowest BCUT2D eigenvalue weighted by atomic mass is 10.1. The fourth-order valence-corrected chi connectivity index (χ4v) is 1.65. The highest BCUT2D eigenvalue weighted by Crippen LogP contribution is 2.17. The molecule has 1 saturated heterocycles. The lowest BCUT2D eigenvalue weighted by Gasteiger charge is -2.33. The van der Waals surface area contributed by atoms with Gasteiger partial charge in [-0.15, -0.1) is 0 Å². The Morgan fingerprint density at radius 3 is 2.31 bits per heavy atom. The molecule has 2 rings (SSSR count). The summed E-state index contributed by atoms with van der Waals surface area (Å²) in [4.78, 5) is 7.09. The summed E-state index contributed by atoms with van der Waals surface area (Å²) < 4.78 is 5.12. The number of methoxy groups -OCH3 is 1. The van der Waals surface area contributed by atoms with Gasteiger partial charge in [0.25, 0.3) is 0 Å². The second-order valence-corrected chi connectivity index (χ2v) is 3.67. The molecule has 0 radical (unpaired) electrons. The molecule has 1 aliphatic rings. The van der Waals surface area contributed by atoms with Crippen molar-refractivity contribution in [1.29, 1.82) is 0 Å². The van der Waals surface area contributed by atoms with Crippen LogP contribution in [0.5, 0.6) is 5.75 Å². The SMILES string of the molecule is CO/N=C(/c1ccc(OC)cc1)N1CCC1. The Balaban J connectivity index is 2.21. The van der Waals surface area contributed by atoms with Gasteiger partial charge < -0.3 is 14.5 Å². The Morgan fingerprint density at radius 1 is 1.19 bits per heavy atom. The van der Waals surface area contributed by atoms with Crippen molar-refractivity contribution in [1.82, 2.24) is 4.90 Å². The fourth-order valence-electron chi connectivity index (χ4n) is 1.65. The quantitative estimate of drug-likeness (QED) is 0.442. The van der Waals surface area contributed by atoms with E-state index in [0.29, 0.717) is 0 Å².